The third-order valence-corrected chi connectivity index (χ3v) is 7.38. The molecule has 0 bridgehead atoms. The summed E-state index contributed by atoms with van der Waals surface area (Å²) in [7, 11) is -2.52. The van der Waals surface area contributed by atoms with Crippen LogP contribution in [0.25, 0.3) is 0 Å². The second kappa shape index (κ2) is 9.59. The Morgan fingerprint density at radius 1 is 1.10 bits per heavy atom. The number of carbonyl (C=O) groups excluding carboxylic acids is 2. The number of para-hydroxylation sites is 1. The van der Waals surface area contributed by atoms with E-state index in [1.54, 1.807) is 6.07 Å². The van der Waals surface area contributed by atoms with Crippen LogP contribution in [-0.2, 0) is 19.6 Å². The molecule has 2 N–H and O–H groups in total. The van der Waals surface area contributed by atoms with E-state index in [1.165, 1.54) is 35.7 Å². The molecule has 30 heavy (non-hydrogen) atoms. The first kappa shape index (κ1) is 22.3. The summed E-state index contributed by atoms with van der Waals surface area (Å²) >= 11 is 3.39. The molecule has 160 valence electrons. The number of carbonyl (C=O) groups is 2. The molecule has 1 aliphatic rings. The predicted molar refractivity (Wildman–Crippen MR) is 117 cm³/mol. The van der Waals surface area contributed by atoms with Gasteiger partial charge in [0.2, 0.25) is 15.9 Å². The van der Waals surface area contributed by atoms with Gasteiger partial charge in [-0.3, -0.25) is 10.1 Å². The molecule has 1 aliphatic heterocycles. The van der Waals surface area contributed by atoms with Crippen molar-refractivity contribution < 1.29 is 22.7 Å². The van der Waals surface area contributed by atoms with Crippen LogP contribution in [0.2, 0.25) is 0 Å². The van der Waals surface area contributed by atoms with Crippen molar-refractivity contribution in [3.8, 4) is 0 Å². The highest BCUT2D eigenvalue weighted by Crippen LogP contribution is 2.27. The number of ether oxygens (including phenoxy) is 1. The van der Waals surface area contributed by atoms with Gasteiger partial charge in [-0.05, 0) is 65.2 Å². The Morgan fingerprint density at radius 2 is 1.80 bits per heavy atom. The van der Waals surface area contributed by atoms with E-state index < -0.39 is 22.0 Å². The molecule has 1 fully saturated rings. The van der Waals surface area contributed by atoms with E-state index in [2.05, 4.69) is 31.3 Å². The molecule has 2 aromatic rings. The zero-order chi connectivity index (χ0) is 21.7. The largest absolute Gasteiger partial charge is 0.453 e. The topological polar surface area (TPSA) is 105 Å². The number of hydrogen-bond acceptors (Lipinski definition) is 5. The monoisotopic (exact) mass is 495 g/mol. The number of anilines is 2. The standard InChI is InChI=1S/C20H22BrN3O5S/c1-29-20(26)22-15-8-10-16(11-9-15)30(27,28)24-12-4-5-14(13-24)19(25)23-18-7-3-2-6-17(18)21/h2-3,6-11,14H,4-5,12-13H2,1H3,(H,22,26)(H,23,25)/t14-/m0/s1. The summed E-state index contributed by atoms with van der Waals surface area (Å²) in [4.78, 5) is 24.1. The van der Waals surface area contributed by atoms with Crippen LogP contribution in [0.4, 0.5) is 16.2 Å². The Balaban J connectivity index is 1.70. The van der Waals surface area contributed by atoms with Crippen LogP contribution in [0.5, 0.6) is 0 Å². The Kier molecular flexibility index (Phi) is 7.11. The van der Waals surface area contributed by atoms with Gasteiger partial charge in [0.05, 0.1) is 23.6 Å². The number of rotatable bonds is 5. The number of piperidine rings is 1. The first-order chi connectivity index (χ1) is 14.3. The van der Waals surface area contributed by atoms with E-state index in [-0.39, 0.29) is 17.3 Å². The van der Waals surface area contributed by atoms with Crippen LogP contribution in [0.1, 0.15) is 12.8 Å². The highest BCUT2D eigenvalue weighted by atomic mass is 79.9. The second-order valence-electron chi connectivity index (χ2n) is 6.81. The molecule has 3 rings (SSSR count). The van der Waals surface area contributed by atoms with E-state index >= 15 is 0 Å². The molecule has 0 spiro atoms. The number of methoxy groups -OCH3 is 1. The summed E-state index contributed by atoms with van der Waals surface area (Å²) in [6.07, 6.45) is 0.570. The van der Waals surface area contributed by atoms with Crippen molar-refractivity contribution in [1.82, 2.24) is 4.31 Å². The first-order valence-corrected chi connectivity index (χ1v) is 11.5. The molecule has 0 aliphatic carbocycles. The molecular weight excluding hydrogens is 474 g/mol. The maximum atomic E-state index is 13.0. The van der Waals surface area contributed by atoms with Crippen molar-refractivity contribution >= 4 is 49.3 Å². The van der Waals surface area contributed by atoms with Crippen LogP contribution in [-0.4, -0.2) is 44.9 Å². The van der Waals surface area contributed by atoms with Crippen LogP contribution in [0, 0.1) is 5.92 Å². The van der Waals surface area contributed by atoms with Gasteiger partial charge in [-0.1, -0.05) is 12.1 Å². The van der Waals surface area contributed by atoms with Crippen molar-refractivity contribution in [3.63, 3.8) is 0 Å². The Bertz CT molecular complexity index is 1030. The number of halogens is 1. The SMILES string of the molecule is COC(=O)Nc1ccc(S(=O)(=O)N2CCC[C@H](C(=O)Nc3ccccc3Br)C2)cc1. The molecular formula is C20H22BrN3O5S. The van der Waals surface area contributed by atoms with E-state index in [0.717, 1.165) is 4.47 Å². The van der Waals surface area contributed by atoms with Gasteiger partial charge in [0, 0.05) is 23.2 Å². The van der Waals surface area contributed by atoms with Gasteiger partial charge >= 0.3 is 6.09 Å². The predicted octanol–water partition coefficient (Wildman–Crippen LogP) is 3.67. The van der Waals surface area contributed by atoms with Gasteiger partial charge in [-0.15, -0.1) is 0 Å². The smallest absolute Gasteiger partial charge is 0.411 e. The molecule has 0 radical (unpaired) electrons. The molecule has 0 saturated carbocycles. The zero-order valence-corrected chi connectivity index (χ0v) is 18.7. The van der Waals surface area contributed by atoms with Gasteiger partial charge in [0.25, 0.3) is 0 Å². The van der Waals surface area contributed by atoms with Gasteiger partial charge in [0.15, 0.2) is 0 Å². The van der Waals surface area contributed by atoms with Crippen molar-refractivity contribution in [3.05, 3.63) is 53.0 Å². The highest BCUT2D eigenvalue weighted by Gasteiger charge is 2.33. The molecule has 1 atom stereocenters. The summed E-state index contributed by atoms with van der Waals surface area (Å²) in [6, 6.07) is 13.1. The Morgan fingerprint density at radius 3 is 2.47 bits per heavy atom. The molecule has 0 aromatic heterocycles. The van der Waals surface area contributed by atoms with Crippen LogP contribution >= 0.6 is 15.9 Å². The quantitative estimate of drug-likeness (QED) is 0.658. The normalized spacial score (nSPS) is 17.2. The van der Waals surface area contributed by atoms with Gasteiger partial charge in [0.1, 0.15) is 0 Å². The minimum absolute atomic E-state index is 0.102. The fraction of sp³-hybridized carbons (Fsp3) is 0.300. The second-order valence-corrected chi connectivity index (χ2v) is 9.60. The van der Waals surface area contributed by atoms with E-state index in [1.807, 2.05) is 18.2 Å². The van der Waals surface area contributed by atoms with Crippen LogP contribution < -0.4 is 10.6 Å². The third kappa shape index (κ3) is 5.18. The van der Waals surface area contributed by atoms with Crippen LogP contribution in [0.3, 0.4) is 0 Å². The number of hydrogen-bond donors (Lipinski definition) is 2. The number of nitrogens with zero attached hydrogens (tertiary/aromatic N) is 1. The van der Waals surface area contributed by atoms with Crippen LogP contribution in [0.15, 0.2) is 57.9 Å². The number of amides is 2. The van der Waals surface area contributed by atoms with Gasteiger partial charge in [-0.2, -0.15) is 4.31 Å². The van der Waals surface area contributed by atoms with Gasteiger partial charge in [-0.25, -0.2) is 13.2 Å². The lowest BCUT2D eigenvalue weighted by Crippen LogP contribution is -2.43. The third-order valence-electron chi connectivity index (χ3n) is 4.81. The maximum Gasteiger partial charge on any atom is 0.411 e. The van der Waals surface area contributed by atoms with E-state index in [4.69, 9.17) is 0 Å². The van der Waals surface area contributed by atoms with E-state index in [0.29, 0.717) is 30.8 Å². The number of benzene rings is 2. The molecule has 1 saturated heterocycles. The van der Waals surface area contributed by atoms with Crippen molar-refractivity contribution in [2.24, 2.45) is 5.92 Å². The molecule has 10 heteroatoms. The van der Waals surface area contributed by atoms with Gasteiger partial charge < -0.3 is 10.1 Å². The number of sulfonamides is 1. The Hall–Kier alpha value is -2.43. The fourth-order valence-corrected chi connectivity index (χ4v) is 5.11. The summed E-state index contributed by atoms with van der Waals surface area (Å²) < 4.78 is 32.7. The minimum atomic E-state index is -3.76. The summed E-state index contributed by atoms with van der Waals surface area (Å²) in [5.41, 5.74) is 1.07. The van der Waals surface area contributed by atoms with Crippen molar-refractivity contribution in [2.75, 3.05) is 30.8 Å². The maximum absolute atomic E-state index is 13.0. The minimum Gasteiger partial charge on any atom is -0.453 e. The number of nitrogens with one attached hydrogen (secondary N) is 2. The molecule has 8 nitrogen and oxygen atoms in total. The Labute approximate surface area is 183 Å². The van der Waals surface area contributed by atoms with Crippen molar-refractivity contribution in [2.45, 2.75) is 17.7 Å². The molecule has 0 unspecified atom stereocenters. The average Bonchev–Trinajstić information content (AvgIpc) is 2.75. The fourth-order valence-electron chi connectivity index (χ4n) is 3.20. The molecule has 1 heterocycles. The molecule has 2 aromatic carbocycles. The average molecular weight is 496 g/mol. The lowest BCUT2D eigenvalue weighted by Gasteiger charge is -2.31. The highest BCUT2D eigenvalue weighted by molar-refractivity contribution is 9.10. The zero-order valence-electron chi connectivity index (χ0n) is 16.3. The first-order valence-electron chi connectivity index (χ1n) is 9.32. The summed E-state index contributed by atoms with van der Waals surface area (Å²) in [5.74, 6) is -0.652. The lowest BCUT2D eigenvalue weighted by molar-refractivity contribution is -0.120. The molecule has 2 amide bonds. The lowest BCUT2D eigenvalue weighted by atomic mass is 9.99. The summed E-state index contributed by atoms with van der Waals surface area (Å²) in [6.45, 7) is 0.462. The van der Waals surface area contributed by atoms with Crippen molar-refractivity contribution in [1.29, 1.82) is 0 Å². The summed E-state index contributed by atoms with van der Waals surface area (Å²) in [5, 5.41) is 5.34. The van der Waals surface area contributed by atoms with E-state index in [9.17, 15) is 18.0 Å².